The predicted molar refractivity (Wildman–Crippen MR) is 65.2 cm³/mol. The van der Waals surface area contributed by atoms with Crippen molar-refractivity contribution in [3.8, 4) is 0 Å². The third-order valence-electron chi connectivity index (χ3n) is 3.33. The van der Waals surface area contributed by atoms with Crippen LogP contribution in [0, 0.1) is 6.92 Å². The van der Waals surface area contributed by atoms with E-state index in [1.54, 1.807) is 0 Å². The zero-order valence-electron chi connectivity index (χ0n) is 9.79. The van der Waals surface area contributed by atoms with Gasteiger partial charge in [0.05, 0.1) is 0 Å². The average Bonchev–Trinajstić information content (AvgIpc) is 2.16. The number of rotatable bonds is 4. The summed E-state index contributed by atoms with van der Waals surface area (Å²) < 4.78 is 0. The van der Waals surface area contributed by atoms with Crippen molar-refractivity contribution in [2.75, 3.05) is 6.54 Å². The van der Waals surface area contributed by atoms with Gasteiger partial charge in [-0.2, -0.15) is 0 Å². The Labute approximate surface area is 92.9 Å². The van der Waals surface area contributed by atoms with Crippen molar-refractivity contribution >= 4 is 0 Å². The zero-order chi connectivity index (χ0) is 10.7. The molecular weight excluding hydrogens is 182 g/mol. The van der Waals surface area contributed by atoms with E-state index in [-0.39, 0.29) is 0 Å². The van der Waals surface area contributed by atoms with E-state index >= 15 is 0 Å². The van der Waals surface area contributed by atoms with E-state index in [1.165, 1.54) is 36.9 Å². The lowest BCUT2D eigenvalue weighted by molar-refractivity contribution is 0.292. The van der Waals surface area contributed by atoms with Gasteiger partial charge in [-0.25, -0.2) is 0 Å². The summed E-state index contributed by atoms with van der Waals surface area (Å²) in [4.78, 5) is 0. The average molecular weight is 203 g/mol. The molecule has 0 amide bonds. The van der Waals surface area contributed by atoms with Gasteiger partial charge in [-0.3, -0.25) is 0 Å². The molecule has 0 aromatic heterocycles. The van der Waals surface area contributed by atoms with Crippen LogP contribution in [0.3, 0.4) is 0 Å². The first kappa shape index (κ1) is 10.7. The highest BCUT2D eigenvalue weighted by atomic mass is 14.9. The molecule has 0 spiro atoms. The topological polar surface area (TPSA) is 12.0 Å². The van der Waals surface area contributed by atoms with E-state index in [0.717, 1.165) is 12.0 Å². The molecule has 1 nitrogen and oxygen atoms in total. The first-order valence-corrected chi connectivity index (χ1v) is 6.09. The maximum Gasteiger partial charge on any atom is 0.00787 e. The van der Waals surface area contributed by atoms with Gasteiger partial charge < -0.3 is 5.32 Å². The molecular formula is C14H21N. The molecule has 0 aliphatic heterocycles. The lowest BCUT2D eigenvalue weighted by Gasteiger charge is -2.36. The van der Waals surface area contributed by atoms with Crippen molar-refractivity contribution in [1.29, 1.82) is 0 Å². The Morgan fingerprint density at radius 3 is 2.80 bits per heavy atom. The molecule has 2 rings (SSSR count). The van der Waals surface area contributed by atoms with Gasteiger partial charge in [-0.15, -0.1) is 0 Å². The van der Waals surface area contributed by atoms with E-state index in [2.05, 4.69) is 43.4 Å². The monoisotopic (exact) mass is 203 g/mol. The summed E-state index contributed by atoms with van der Waals surface area (Å²) in [5.41, 5.74) is 2.92. The minimum Gasteiger partial charge on any atom is -0.314 e. The molecule has 1 heteroatoms. The van der Waals surface area contributed by atoms with Crippen LogP contribution >= 0.6 is 0 Å². The lowest BCUT2D eigenvalue weighted by atomic mass is 9.75. The Hall–Kier alpha value is -0.820. The quantitative estimate of drug-likeness (QED) is 0.792. The Kier molecular flexibility index (Phi) is 3.42. The van der Waals surface area contributed by atoms with Crippen LogP contribution in [-0.4, -0.2) is 12.6 Å². The number of benzene rings is 1. The third-order valence-corrected chi connectivity index (χ3v) is 3.33. The number of hydrogen-bond acceptors (Lipinski definition) is 1. The molecule has 0 saturated heterocycles. The fourth-order valence-electron chi connectivity index (χ4n) is 2.33. The summed E-state index contributed by atoms with van der Waals surface area (Å²) in [5, 5.41) is 3.58. The molecule has 0 bridgehead atoms. The highest BCUT2D eigenvalue weighted by Crippen LogP contribution is 2.36. The molecule has 1 fully saturated rings. The number of hydrogen-bond donors (Lipinski definition) is 1. The second-order valence-electron chi connectivity index (χ2n) is 4.73. The van der Waals surface area contributed by atoms with Gasteiger partial charge in [0.25, 0.3) is 0 Å². The Bertz CT molecular complexity index is 313. The fraction of sp³-hybridized carbons (Fsp3) is 0.571. The van der Waals surface area contributed by atoms with Gasteiger partial charge >= 0.3 is 0 Å². The Morgan fingerprint density at radius 1 is 1.33 bits per heavy atom. The maximum absolute atomic E-state index is 3.58. The van der Waals surface area contributed by atoms with Crippen LogP contribution in [-0.2, 0) is 0 Å². The SMILES string of the molecule is CCCNC1CC(c2cccc(C)c2)C1. The van der Waals surface area contributed by atoms with E-state index in [4.69, 9.17) is 0 Å². The van der Waals surface area contributed by atoms with Crippen molar-refractivity contribution in [3.05, 3.63) is 35.4 Å². The van der Waals surface area contributed by atoms with E-state index in [1.807, 2.05) is 0 Å². The molecule has 82 valence electrons. The minimum absolute atomic E-state index is 0.774. The van der Waals surface area contributed by atoms with Gasteiger partial charge in [0.15, 0.2) is 0 Å². The van der Waals surface area contributed by atoms with Crippen LogP contribution in [0.4, 0.5) is 0 Å². The predicted octanol–water partition coefficient (Wildman–Crippen LogP) is 3.24. The van der Waals surface area contributed by atoms with Gasteiger partial charge in [-0.05, 0) is 44.2 Å². The normalized spacial score (nSPS) is 24.9. The standard InChI is InChI=1S/C14H21N/c1-3-7-15-14-9-13(10-14)12-6-4-5-11(2)8-12/h4-6,8,13-15H,3,7,9-10H2,1-2H3. The fourth-order valence-corrected chi connectivity index (χ4v) is 2.33. The van der Waals surface area contributed by atoms with E-state index < -0.39 is 0 Å². The van der Waals surface area contributed by atoms with Crippen LogP contribution in [0.15, 0.2) is 24.3 Å². The molecule has 0 unspecified atom stereocenters. The van der Waals surface area contributed by atoms with Crippen molar-refractivity contribution in [3.63, 3.8) is 0 Å². The number of nitrogens with one attached hydrogen (secondary N) is 1. The van der Waals surface area contributed by atoms with Crippen LogP contribution in [0.5, 0.6) is 0 Å². The first-order valence-electron chi connectivity index (χ1n) is 6.09. The molecule has 1 aliphatic rings. The highest BCUT2D eigenvalue weighted by Gasteiger charge is 2.29. The van der Waals surface area contributed by atoms with Crippen LogP contribution in [0.25, 0.3) is 0 Å². The summed E-state index contributed by atoms with van der Waals surface area (Å²) in [6.07, 6.45) is 3.89. The highest BCUT2D eigenvalue weighted by molar-refractivity contribution is 5.27. The Morgan fingerprint density at radius 2 is 2.13 bits per heavy atom. The lowest BCUT2D eigenvalue weighted by Crippen LogP contribution is -2.40. The minimum atomic E-state index is 0.774. The smallest absolute Gasteiger partial charge is 0.00787 e. The summed E-state index contributed by atoms with van der Waals surface area (Å²) >= 11 is 0. The summed E-state index contributed by atoms with van der Waals surface area (Å²) in [7, 11) is 0. The van der Waals surface area contributed by atoms with E-state index in [0.29, 0.717) is 0 Å². The van der Waals surface area contributed by atoms with Crippen LogP contribution < -0.4 is 5.32 Å². The molecule has 1 N–H and O–H groups in total. The third kappa shape index (κ3) is 2.60. The molecule has 1 saturated carbocycles. The van der Waals surface area contributed by atoms with Crippen molar-refractivity contribution < 1.29 is 0 Å². The van der Waals surface area contributed by atoms with Gasteiger partial charge in [-0.1, -0.05) is 36.8 Å². The van der Waals surface area contributed by atoms with Gasteiger partial charge in [0.2, 0.25) is 0 Å². The van der Waals surface area contributed by atoms with Crippen molar-refractivity contribution in [1.82, 2.24) is 5.32 Å². The Balaban J connectivity index is 1.84. The maximum atomic E-state index is 3.58. The first-order chi connectivity index (χ1) is 7.29. The van der Waals surface area contributed by atoms with Gasteiger partial charge in [0, 0.05) is 6.04 Å². The molecule has 1 aromatic rings. The molecule has 0 atom stereocenters. The largest absolute Gasteiger partial charge is 0.314 e. The number of aryl methyl sites for hydroxylation is 1. The molecule has 0 radical (unpaired) electrons. The second kappa shape index (κ2) is 4.80. The molecule has 1 aromatic carbocycles. The zero-order valence-corrected chi connectivity index (χ0v) is 9.79. The summed E-state index contributed by atoms with van der Waals surface area (Å²) in [5.74, 6) is 0.805. The van der Waals surface area contributed by atoms with Crippen molar-refractivity contribution in [2.45, 2.75) is 45.1 Å². The summed E-state index contributed by atoms with van der Waals surface area (Å²) in [6.45, 7) is 5.57. The van der Waals surface area contributed by atoms with Crippen molar-refractivity contribution in [2.24, 2.45) is 0 Å². The van der Waals surface area contributed by atoms with Crippen LogP contribution in [0.1, 0.15) is 43.2 Å². The molecule has 15 heavy (non-hydrogen) atoms. The summed E-state index contributed by atoms with van der Waals surface area (Å²) in [6, 6.07) is 9.73. The molecule has 0 heterocycles. The second-order valence-corrected chi connectivity index (χ2v) is 4.73. The van der Waals surface area contributed by atoms with Gasteiger partial charge in [0.1, 0.15) is 0 Å². The van der Waals surface area contributed by atoms with Crippen LogP contribution in [0.2, 0.25) is 0 Å². The van der Waals surface area contributed by atoms with E-state index in [9.17, 15) is 0 Å². The molecule has 1 aliphatic carbocycles.